The van der Waals surface area contributed by atoms with E-state index >= 15 is 0 Å². The zero-order valence-corrected chi connectivity index (χ0v) is 10.7. The number of amides is 1. The summed E-state index contributed by atoms with van der Waals surface area (Å²) in [6, 6.07) is 7.17. The molecule has 0 atom stereocenters. The van der Waals surface area contributed by atoms with Crippen LogP contribution in [-0.2, 0) is 4.79 Å². The van der Waals surface area contributed by atoms with Gasteiger partial charge in [-0.25, -0.2) is 0 Å². The van der Waals surface area contributed by atoms with Crippen LogP contribution < -0.4 is 5.32 Å². The van der Waals surface area contributed by atoms with Crippen LogP contribution in [0.25, 0.3) is 10.8 Å². The van der Waals surface area contributed by atoms with Crippen molar-refractivity contribution in [2.45, 2.75) is 3.79 Å². The molecule has 6 heteroatoms. The minimum Gasteiger partial charge on any atom is -0.322 e. The lowest BCUT2D eigenvalue weighted by Crippen LogP contribution is -2.26. The minimum atomic E-state index is -1.97. The van der Waals surface area contributed by atoms with E-state index in [1.807, 2.05) is 12.1 Å². The lowest BCUT2D eigenvalue weighted by Gasteiger charge is -2.11. The number of halogens is 3. The van der Waals surface area contributed by atoms with Crippen LogP contribution in [0.1, 0.15) is 0 Å². The molecule has 2 aromatic rings. The fraction of sp³-hybridized carbons (Fsp3) is 0.0909. The molecule has 1 amide bonds. The average molecular weight is 290 g/mol. The second kappa shape index (κ2) is 4.69. The third-order valence-electron chi connectivity index (χ3n) is 2.16. The summed E-state index contributed by atoms with van der Waals surface area (Å²) in [4.78, 5) is 15.4. The molecular weight excluding hydrogens is 282 g/mol. The summed E-state index contributed by atoms with van der Waals surface area (Å²) >= 11 is 16.4. The van der Waals surface area contributed by atoms with E-state index in [0.29, 0.717) is 5.69 Å². The third kappa shape index (κ3) is 3.00. The molecular formula is C11H7Cl3N2O. The highest BCUT2D eigenvalue weighted by molar-refractivity contribution is 6.76. The number of carbonyl (C=O) groups is 1. The van der Waals surface area contributed by atoms with Crippen molar-refractivity contribution in [1.82, 2.24) is 4.98 Å². The molecule has 17 heavy (non-hydrogen) atoms. The topological polar surface area (TPSA) is 42.0 Å². The highest BCUT2D eigenvalue weighted by atomic mass is 35.6. The Balaban J connectivity index is 2.29. The van der Waals surface area contributed by atoms with Gasteiger partial charge in [0, 0.05) is 23.5 Å². The third-order valence-corrected chi connectivity index (χ3v) is 2.67. The predicted octanol–water partition coefficient (Wildman–Crippen LogP) is 3.54. The fourth-order valence-electron chi connectivity index (χ4n) is 1.36. The van der Waals surface area contributed by atoms with Crippen molar-refractivity contribution in [2.24, 2.45) is 0 Å². The molecule has 3 nitrogen and oxygen atoms in total. The number of hydrogen-bond donors (Lipinski definition) is 1. The van der Waals surface area contributed by atoms with Gasteiger partial charge in [-0.1, -0.05) is 40.9 Å². The minimum absolute atomic E-state index is 0.569. The summed E-state index contributed by atoms with van der Waals surface area (Å²) in [5.74, 6) is -0.684. The SMILES string of the molecule is O=C(Nc1ccc2cnccc2c1)C(Cl)(Cl)Cl. The molecule has 0 unspecified atom stereocenters. The van der Waals surface area contributed by atoms with Crippen molar-refractivity contribution in [3.63, 3.8) is 0 Å². The molecule has 0 aliphatic rings. The number of alkyl halides is 3. The Morgan fingerprint density at radius 1 is 1.18 bits per heavy atom. The Hall–Kier alpha value is -1.03. The van der Waals surface area contributed by atoms with E-state index in [4.69, 9.17) is 34.8 Å². The van der Waals surface area contributed by atoms with Crippen molar-refractivity contribution < 1.29 is 4.79 Å². The number of fused-ring (bicyclic) bond motifs is 1. The number of hydrogen-bond acceptors (Lipinski definition) is 2. The van der Waals surface area contributed by atoms with Crippen molar-refractivity contribution >= 4 is 57.2 Å². The summed E-state index contributed by atoms with van der Waals surface area (Å²) in [7, 11) is 0. The maximum absolute atomic E-state index is 11.5. The first kappa shape index (κ1) is 12.4. The monoisotopic (exact) mass is 288 g/mol. The smallest absolute Gasteiger partial charge is 0.276 e. The van der Waals surface area contributed by atoms with Crippen molar-refractivity contribution in [2.75, 3.05) is 5.32 Å². The van der Waals surface area contributed by atoms with Crippen LogP contribution in [-0.4, -0.2) is 14.7 Å². The van der Waals surface area contributed by atoms with Crippen LogP contribution in [0.4, 0.5) is 5.69 Å². The first-order chi connectivity index (χ1) is 7.97. The van der Waals surface area contributed by atoms with E-state index < -0.39 is 9.70 Å². The highest BCUT2D eigenvalue weighted by Crippen LogP contribution is 2.28. The van der Waals surface area contributed by atoms with Crippen LogP contribution in [0.15, 0.2) is 36.7 Å². The van der Waals surface area contributed by atoms with E-state index in [9.17, 15) is 4.79 Å². The number of carbonyl (C=O) groups excluding carboxylic acids is 1. The number of nitrogens with one attached hydrogen (secondary N) is 1. The number of benzene rings is 1. The molecule has 1 aromatic heterocycles. The molecule has 1 heterocycles. The normalized spacial score (nSPS) is 11.5. The first-order valence-electron chi connectivity index (χ1n) is 4.69. The highest BCUT2D eigenvalue weighted by Gasteiger charge is 2.30. The summed E-state index contributed by atoms with van der Waals surface area (Å²) < 4.78 is -1.97. The molecule has 0 aliphatic carbocycles. The van der Waals surface area contributed by atoms with Gasteiger partial charge < -0.3 is 5.32 Å². The summed E-state index contributed by atoms with van der Waals surface area (Å²) in [5, 5.41) is 4.44. The largest absolute Gasteiger partial charge is 0.322 e. The molecule has 0 bridgehead atoms. The van der Waals surface area contributed by atoms with E-state index in [1.165, 1.54) is 0 Å². The number of rotatable bonds is 1. The number of nitrogens with zero attached hydrogens (tertiary/aromatic N) is 1. The summed E-state index contributed by atoms with van der Waals surface area (Å²) in [6.45, 7) is 0. The number of aromatic nitrogens is 1. The Bertz CT molecular complexity index is 566. The van der Waals surface area contributed by atoms with Crippen molar-refractivity contribution in [3.05, 3.63) is 36.7 Å². The number of pyridine rings is 1. The maximum atomic E-state index is 11.5. The average Bonchev–Trinajstić information content (AvgIpc) is 2.27. The van der Waals surface area contributed by atoms with Crippen molar-refractivity contribution in [3.8, 4) is 0 Å². The van der Waals surface area contributed by atoms with Crippen LogP contribution >= 0.6 is 34.8 Å². The van der Waals surface area contributed by atoms with E-state index in [2.05, 4.69) is 10.3 Å². The van der Waals surface area contributed by atoms with Gasteiger partial charge in [0.05, 0.1) is 0 Å². The van der Waals surface area contributed by atoms with Gasteiger partial charge in [0.1, 0.15) is 0 Å². The standard InChI is InChI=1S/C11H7Cl3N2O/c12-11(13,14)10(17)16-9-2-1-8-6-15-4-3-7(8)5-9/h1-6H,(H,16,17). The van der Waals surface area contributed by atoms with Crippen LogP contribution in [0.3, 0.4) is 0 Å². The maximum Gasteiger partial charge on any atom is 0.276 e. The van der Waals surface area contributed by atoms with Crippen LogP contribution in [0.2, 0.25) is 0 Å². The first-order valence-corrected chi connectivity index (χ1v) is 5.82. The van der Waals surface area contributed by atoms with Gasteiger partial charge in [0.25, 0.3) is 9.70 Å². The Morgan fingerprint density at radius 2 is 1.94 bits per heavy atom. The summed E-state index contributed by atoms with van der Waals surface area (Å²) in [6.07, 6.45) is 3.40. The molecule has 1 N–H and O–H groups in total. The van der Waals surface area contributed by atoms with Crippen molar-refractivity contribution in [1.29, 1.82) is 0 Å². The molecule has 0 spiro atoms. The van der Waals surface area contributed by atoms with E-state index in [1.54, 1.807) is 24.5 Å². The van der Waals surface area contributed by atoms with Gasteiger partial charge in [-0.3, -0.25) is 9.78 Å². The molecule has 2 rings (SSSR count). The Morgan fingerprint density at radius 3 is 2.65 bits per heavy atom. The molecule has 0 fully saturated rings. The van der Waals surface area contributed by atoms with Gasteiger partial charge in [-0.05, 0) is 23.6 Å². The van der Waals surface area contributed by atoms with Crippen LogP contribution in [0.5, 0.6) is 0 Å². The molecule has 0 aliphatic heterocycles. The van der Waals surface area contributed by atoms with E-state index in [-0.39, 0.29) is 0 Å². The Kier molecular flexibility index (Phi) is 3.43. The fourth-order valence-corrected chi connectivity index (χ4v) is 1.50. The van der Waals surface area contributed by atoms with Crippen LogP contribution in [0, 0.1) is 0 Å². The molecule has 0 saturated carbocycles. The molecule has 1 aromatic carbocycles. The predicted molar refractivity (Wildman–Crippen MR) is 70.7 cm³/mol. The van der Waals surface area contributed by atoms with Gasteiger partial charge in [-0.15, -0.1) is 0 Å². The zero-order valence-electron chi connectivity index (χ0n) is 8.45. The van der Waals surface area contributed by atoms with Gasteiger partial charge in [-0.2, -0.15) is 0 Å². The Labute approximate surface area is 113 Å². The second-order valence-corrected chi connectivity index (χ2v) is 5.67. The molecule has 88 valence electrons. The zero-order chi connectivity index (χ0) is 12.5. The van der Waals surface area contributed by atoms with Gasteiger partial charge in [0.2, 0.25) is 0 Å². The van der Waals surface area contributed by atoms with Gasteiger partial charge >= 0.3 is 0 Å². The van der Waals surface area contributed by atoms with E-state index in [0.717, 1.165) is 10.8 Å². The lowest BCUT2D eigenvalue weighted by molar-refractivity contribution is -0.115. The van der Waals surface area contributed by atoms with Gasteiger partial charge in [0.15, 0.2) is 0 Å². The lowest BCUT2D eigenvalue weighted by atomic mass is 10.1. The summed E-state index contributed by atoms with van der Waals surface area (Å²) in [5.41, 5.74) is 0.569. The number of anilines is 1. The molecule has 0 radical (unpaired) electrons. The second-order valence-electron chi connectivity index (χ2n) is 3.39. The molecule has 0 saturated heterocycles. The quantitative estimate of drug-likeness (QED) is 0.816.